The van der Waals surface area contributed by atoms with Crippen LogP contribution < -0.4 is 5.30 Å². The Morgan fingerprint density at radius 3 is 1.84 bits per heavy atom. The number of hydrogen-bond donors (Lipinski definition) is 0. The van der Waals surface area contributed by atoms with E-state index in [0.29, 0.717) is 11.8 Å². The lowest BCUT2D eigenvalue weighted by atomic mass is 9.76. The van der Waals surface area contributed by atoms with Crippen molar-refractivity contribution in [2.24, 2.45) is 0 Å². The van der Waals surface area contributed by atoms with Crippen molar-refractivity contribution in [3.63, 3.8) is 0 Å². The van der Waals surface area contributed by atoms with Crippen molar-refractivity contribution < 1.29 is 9.59 Å². The highest BCUT2D eigenvalue weighted by Gasteiger charge is 2.31. The Hall–Kier alpha value is -1.01. The lowest BCUT2D eigenvalue weighted by molar-refractivity contribution is -0.112. The van der Waals surface area contributed by atoms with Crippen LogP contribution >= 0.6 is 7.92 Å². The van der Waals surface area contributed by atoms with E-state index in [-0.39, 0.29) is 11.0 Å². The van der Waals surface area contributed by atoms with Gasteiger partial charge >= 0.3 is 0 Å². The van der Waals surface area contributed by atoms with E-state index in [1.807, 2.05) is 0 Å². The summed E-state index contributed by atoms with van der Waals surface area (Å²) < 4.78 is 0. The van der Waals surface area contributed by atoms with Gasteiger partial charge in [-0.1, -0.05) is 56.7 Å². The molecule has 25 heavy (non-hydrogen) atoms. The quantitative estimate of drug-likeness (QED) is 0.607. The van der Waals surface area contributed by atoms with Crippen LogP contribution in [-0.2, 0) is 9.59 Å². The zero-order chi connectivity index (χ0) is 17.8. The molecule has 0 spiro atoms. The lowest BCUT2D eigenvalue weighted by Crippen LogP contribution is -2.23. The van der Waals surface area contributed by atoms with Crippen LogP contribution in [0.2, 0.25) is 0 Å². The SMILES string of the molecule is CC(=O)P(C(C)=O)c1cccc(C2CCCCC2)c1C1CCCCC1. The summed E-state index contributed by atoms with van der Waals surface area (Å²) in [5.41, 5.74) is 2.99. The minimum absolute atomic E-state index is 0.0559. The van der Waals surface area contributed by atoms with Crippen LogP contribution in [0, 0.1) is 0 Å². The molecule has 0 radical (unpaired) electrons. The van der Waals surface area contributed by atoms with Crippen molar-refractivity contribution in [1.29, 1.82) is 0 Å². The average molecular weight is 358 g/mol. The van der Waals surface area contributed by atoms with Gasteiger partial charge in [-0.25, -0.2) is 0 Å². The number of carbonyl (C=O) groups is 2. The first kappa shape index (κ1) is 18.8. The predicted molar refractivity (Wildman–Crippen MR) is 106 cm³/mol. The maximum atomic E-state index is 12.3. The molecule has 0 amide bonds. The summed E-state index contributed by atoms with van der Waals surface area (Å²) in [6, 6.07) is 6.49. The smallest absolute Gasteiger partial charge is 0.163 e. The normalized spacial score (nSPS) is 20.0. The second-order valence-electron chi connectivity index (χ2n) is 7.82. The minimum Gasteiger partial charge on any atom is -0.294 e. The third-order valence-electron chi connectivity index (χ3n) is 6.05. The second kappa shape index (κ2) is 8.58. The molecule has 0 aromatic heterocycles. The van der Waals surface area contributed by atoms with Gasteiger partial charge in [0, 0.05) is 0 Å². The van der Waals surface area contributed by atoms with E-state index in [0.717, 1.165) is 5.30 Å². The Morgan fingerprint density at radius 2 is 1.32 bits per heavy atom. The van der Waals surface area contributed by atoms with Crippen molar-refractivity contribution in [2.75, 3.05) is 0 Å². The topological polar surface area (TPSA) is 34.1 Å². The Balaban J connectivity index is 2.09. The monoisotopic (exact) mass is 358 g/mol. The first-order valence-corrected chi connectivity index (χ1v) is 11.4. The van der Waals surface area contributed by atoms with Crippen LogP contribution in [0.4, 0.5) is 0 Å². The first-order valence-electron chi connectivity index (χ1n) is 10.0. The fourth-order valence-electron chi connectivity index (χ4n) is 4.93. The molecule has 0 bridgehead atoms. The van der Waals surface area contributed by atoms with Crippen LogP contribution in [-0.4, -0.2) is 11.0 Å². The molecule has 0 unspecified atom stereocenters. The number of carbonyl (C=O) groups excluding carboxylic acids is 2. The van der Waals surface area contributed by atoms with E-state index in [1.165, 1.54) is 75.3 Å². The van der Waals surface area contributed by atoms with Gasteiger partial charge in [-0.15, -0.1) is 0 Å². The highest BCUT2D eigenvalue weighted by atomic mass is 31.1. The zero-order valence-electron chi connectivity index (χ0n) is 15.7. The van der Waals surface area contributed by atoms with E-state index in [1.54, 1.807) is 13.8 Å². The number of rotatable bonds is 5. The Labute approximate surface area is 153 Å². The first-order chi connectivity index (χ1) is 12.1. The van der Waals surface area contributed by atoms with Crippen molar-refractivity contribution in [2.45, 2.75) is 89.9 Å². The fraction of sp³-hybridized carbons (Fsp3) is 0.636. The van der Waals surface area contributed by atoms with Crippen LogP contribution in [0.25, 0.3) is 0 Å². The molecule has 2 saturated carbocycles. The summed E-state index contributed by atoms with van der Waals surface area (Å²) >= 11 is 0. The molecule has 2 fully saturated rings. The van der Waals surface area contributed by atoms with E-state index < -0.39 is 7.92 Å². The molecule has 1 aromatic rings. The van der Waals surface area contributed by atoms with Crippen molar-refractivity contribution in [3.05, 3.63) is 29.3 Å². The van der Waals surface area contributed by atoms with Gasteiger partial charge in [-0.05, 0) is 67.8 Å². The minimum atomic E-state index is -1.33. The molecule has 3 heteroatoms. The molecule has 2 aliphatic rings. The lowest BCUT2D eigenvalue weighted by Gasteiger charge is -2.32. The summed E-state index contributed by atoms with van der Waals surface area (Å²) in [5, 5.41) is 1.09. The molecule has 2 nitrogen and oxygen atoms in total. The van der Waals surface area contributed by atoms with E-state index in [4.69, 9.17) is 0 Å². The zero-order valence-corrected chi connectivity index (χ0v) is 16.6. The van der Waals surface area contributed by atoms with E-state index in [2.05, 4.69) is 18.2 Å². The third kappa shape index (κ3) is 4.22. The van der Waals surface area contributed by atoms with Gasteiger partial charge in [0.05, 0.1) is 7.92 Å². The Kier molecular flexibility index (Phi) is 6.44. The highest BCUT2D eigenvalue weighted by Crippen LogP contribution is 2.46. The van der Waals surface area contributed by atoms with E-state index in [9.17, 15) is 9.59 Å². The van der Waals surface area contributed by atoms with Crippen LogP contribution in [0.1, 0.15) is 101 Å². The van der Waals surface area contributed by atoms with Crippen molar-refractivity contribution in [3.8, 4) is 0 Å². The molecule has 0 heterocycles. The summed E-state index contributed by atoms with van der Waals surface area (Å²) in [6.45, 7) is 3.20. The van der Waals surface area contributed by atoms with Crippen LogP contribution in [0.5, 0.6) is 0 Å². The molecule has 0 N–H and O–H groups in total. The van der Waals surface area contributed by atoms with E-state index >= 15 is 0 Å². The fourth-order valence-corrected chi connectivity index (χ4v) is 6.84. The second-order valence-corrected chi connectivity index (χ2v) is 10.2. The molecular formula is C22H31O2P. The molecule has 0 aliphatic heterocycles. The summed E-state index contributed by atoms with van der Waals surface area (Å²) in [5.74, 6) is 1.17. The van der Waals surface area contributed by atoms with Crippen LogP contribution in [0.15, 0.2) is 18.2 Å². The average Bonchev–Trinajstić information content (AvgIpc) is 2.62. The number of hydrogen-bond acceptors (Lipinski definition) is 2. The molecular weight excluding hydrogens is 327 g/mol. The summed E-state index contributed by atoms with van der Waals surface area (Å²) in [6.07, 6.45) is 12.8. The van der Waals surface area contributed by atoms with Crippen molar-refractivity contribution in [1.82, 2.24) is 0 Å². The van der Waals surface area contributed by atoms with Gasteiger partial charge in [0.25, 0.3) is 0 Å². The summed E-state index contributed by atoms with van der Waals surface area (Å²) in [7, 11) is -1.33. The maximum Gasteiger partial charge on any atom is 0.163 e. The molecule has 3 rings (SSSR count). The molecule has 0 saturated heterocycles. The van der Waals surface area contributed by atoms with Gasteiger partial charge in [0.1, 0.15) is 0 Å². The maximum absolute atomic E-state index is 12.3. The Morgan fingerprint density at radius 1 is 0.800 bits per heavy atom. The summed E-state index contributed by atoms with van der Waals surface area (Å²) in [4.78, 5) is 24.6. The molecule has 1 aromatic carbocycles. The van der Waals surface area contributed by atoms with Gasteiger partial charge in [-0.3, -0.25) is 9.59 Å². The standard InChI is InChI=1S/C22H31O2P/c1-16(23)25(17(2)24)21-15-9-14-20(18-10-5-3-6-11-18)22(21)19-12-7-4-8-13-19/h9,14-15,18-19H,3-8,10-13H2,1-2H3. The van der Waals surface area contributed by atoms with Gasteiger partial charge in [0.15, 0.2) is 11.0 Å². The third-order valence-corrected chi connectivity index (χ3v) is 8.18. The molecule has 0 atom stereocenters. The van der Waals surface area contributed by atoms with Gasteiger partial charge in [0.2, 0.25) is 0 Å². The van der Waals surface area contributed by atoms with Gasteiger partial charge < -0.3 is 0 Å². The van der Waals surface area contributed by atoms with Crippen LogP contribution in [0.3, 0.4) is 0 Å². The van der Waals surface area contributed by atoms with Crippen molar-refractivity contribution >= 4 is 24.3 Å². The molecule has 136 valence electrons. The highest BCUT2D eigenvalue weighted by molar-refractivity contribution is 7.94. The number of benzene rings is 1. The largest absolute Gasteiger partial charge is 0.294 e. The molecule has 2 aliphatic carbocycles. The van der Waals surface area contributed by atoms with Gasteiger partial charge in [-0.2, -0.15) is 0 Å². The predicted octanol–water partition coefficient (Wildman–Crippen LogP) is 5.98. The Bertz CT molecular complexity index is 611.